The lowest BCUT2D eigenvalue weighted by molar-refractivity contribution is -0.122. The molecule has 2 fully saturated rings. The van der Waals surface area contributed by atoms with Crippen LogP contribution in [0.3, 0.4) is 0 Å². The van der Waals surface area contributed by atoms with Gasteiger partial charge in [-0.3, -0.25) is 9.79 Å². The van der Waals surface area contributed by atoms with Gasteiger partial charge in [0.15, 0.2) is 5.96 Å². The summed E-state index contributed by atoms with van der Waals surface area (Å²) in [6.07, 6.45) is 4.61. The molecule has 1 saturated heterocycles. The molecule has 2 heterocycles. The third kappa shape index (κ3) is 4.41. The van der Waals surface area contributed by atoms with E-state index in [4.69, 9.17) is 5.73 Å². The Balaban J connectivity index is 1.60. The average Bonchev–Trinajstić information content (AvgIpc) is 3.33. The quantitative estimate of drug-likeness (QED) is 0.544. The first-order valence-corrected chi connectivity index (χ1v) is 9.03. The topological polar surface area (TPSA) is 95.6 Å². The zero-order valence-electron chi connectivity index (χ0n) is 15.0. The normalized spacial score (nSPS) is 24.1. The molecule has 3 rings (SSSR count). The third-order valence-corrected chi connectivity index (χ3v) is 5.17. The van der Waals surface area contributed by atoms with Crippen molar-refractivity contribution in [1.82, 2.24) is 15.6 Å². The number of hydrogen-bond acceptors (Lipinski definition) is 4. The summed E-state index contributed by atoms with van der Waals surface area (Å²) in [7, 11) is 1.79. The molecule has 7 heteroatoms. The van der Waals surface area contributed by atoms with Gasteiger partial charge >= 0.3 is 0 Å². The first-order valence-electron chi connectivity index (χ1n) is 9.03. The number of anilines is 1. The maximum absolute atomic E-state index is 11.3. The molecule has 2 aliphatic rings. The van der Waals surface area contributed by atoms with Crippen molar-refractivity contribution in [3.05, 3.63) is 23.9 Å². The Morgan fingerprint density at radius 3 is 2.76 bits per heavy atom. The number of piperidine rings is 1. The molecule has 1 aliphatic heterocycles. The lowest BCUT2D eigenvalue weighted by Crippen LogP contribution is -2.41. The first-order chi connectivity index (χ1) is 12.1. The van der Waals surface area contributed by atoms with Crippen molar-refractivity contribution in [3.8, 4) is 0 Å². The van der Waals surface area contributed by atoms with Gasteiger partial charge in [0.1, 0.15) is 5.82 Å². The molecule has 0 aromatic carbocycles. The molecule has 4 N–H and O–H groups in total. The summed E-state index contributed by atoms with van der Waals surface area (Å²) < 4.78 is 0. The molecular formula is C18H28N6O. The van der Waals surface area contributed by atoms with E-state index in [2.05, 4.69) is 38.5 Å². The van der Waals surface area contributed by atoms with Crippen molar-refractivity contribution < 1.29 is 4.79 Å². The van der Waals surface area contributed by atoms with Crippen molar-refractivity contribution in [3.63, 3.8) is 0 Å². The number of nitrogens with one attached hydrogen (secondary N) is 2. The highest BCUT2D eigenvalue weighted by atomic mass is 16.1. The lowest BCUT2D eigenvalue weighted by Gasteiger charge is -2.32. The van der Waals surface area contributed by atoms with Crippen LogP contribution >= 0.6 is 0 Å². The van der Waals surface area contributed by atoms with Gasteiger partial charge in [-0.05, 0) is 31.2 Å². The minimum atomic E-state index is -0.188. The largest absolute Gasteiger partial charge is 0.369 e. The molecule has 1 aromatic heterocycles. The number of aromatic nitrogens is 1. The summed E-state index contributed by atoms with van der Waals surface area (Å²) in [5.74, 6) is 2.33. The first kappa shape index (κ1) is 17.5. The fourth-order valence-corrected chi connectivity index (χ4v) is 3.30. The zero-order valence-corrected chi connectivity index (χ0v) is 15.0. The van der Waals surface area contributed by atoms with Gasteiger partial charge in [0.05, 0.1) is 0 Å². The number of nitrogens with zero attached hydrogens (tertiary/aromatic N) is 3. The van der Waals surface area contributed by atoms with Gasteiger partial charge in [0.25, 0.3) is 0 Å². The number of pyridine rings is 1. The molecule has 0 spiro atoms. The molecule has 0 radical (unpaired) electrons. The van der Waals surface area contributed by atoms with Gasteiger partial charge in [0, 0.05) is 50.4 Å². The number of carbonyl (C=O) groups excluding carboxylic acids is 1. The number of guanidine groups is 1. The molecule has 1 aliphatic carbocycles. The highest BCUT2D eigenvalue weighted by Crippen LogP contribution is 2.29. The highest BCUT2D eigenvalue weighted by molar-refractivity contribution is 5.80. The van der Waals surface area contributed by atoms with Crippen molar-refractivity contribution in [1.29, 1.82) is 0 Å². The summed E-state index contributed by atoms with van der Waals surface area (Å²) in [5, 5.41) is 6.81. The number of carbonyl (C=O) groups is 1. The molecule has 1 aromatic rings. The van der Waals surface area contributed by atoms with E-state index in [1.54, 1.807) is 7.05 Å². The minimum absolute atomic E-state index is 0.00917. The van der Waals surface area contributed by atoms with E-state index in [-0.39, 0.29) is 11.8 Å². The van der Waals surface area contributed by atoms with E-state index in [1.807, 2.05) is 12.3 Å². The summed E-state index contributed by atoms with van der Waals surface area (Å²) in [5.41, 5.74) is 6.56. The highest BCUT2D eigenvalue weighted by Gasteiger charge is 2.33. The second kappa shape index (κ2) is 7.72. The predicted octanol–water partition coefficient (Wildman–Crippen LogP) is 0.857. The molecule has 136 valence electrons. The number of rotatable bonds is 5. The Morgan fingerprint density at radius 2 is 2.16 bits per heavy atom. The van der Waals surface area contributed by atoms with Crippen LogP contribution in [0.2, 0.25) is 0 Å². The van der Waals surface area contributed by atoms with Gasteiger partial charge < -0.3 is 21.3 Å². The monoisotopic (exact) mass is 344 g/mol. The van der Waals surface area contributed by atoms with Crippen LogP contribution < -0.4 is 21.3 Å². The van der Waals surface area contributed by atoms with Crippen LogP contribution in [0.4, 0.5) is 5.82 Å². The van der Waals surface area contributed by atoms with Gasteiger partial charge in [-0.1, -0.05) is 13.0 Å². The SMILES string of the molecule is CN=C(NCc1cccnc1N1CCC(C(N)=O)CC1)NC1CC1C. The fourth-order valence-electron chi connectivity index (χ4n) is 3.30. The van der Waals surface area contributed by atoms with Gasteiger partial charge in [-0.15, -0.1) is 0 Å². The Bertz CT molecular complexity index is 638. The second-order valence-corrected chi connectivity index (χ2v) is 7.04. The van der Waals surface area contributed by atoms with Gasteiger partial charge in [-0.2, -0.15) is 0 Å². The minimum Gasteiger partial charge on any atom is -0.369 e. The summed E-state index contributed by atoms with van der Waals surface area (Å²) in [6, 6.07) is 4.57. The number of aliphatic imine (C=N–C) groups is 1. The lowest BCUT2D eigenvalue weighted by atomic mass is 9.96. The predicted molar refractivity (Wildman–Crippen MR) is 99.3 cm³/mol. The van der Waals surface area contributed by atoms with Crippen LogP contribution in [-0.4, -0.2) is 43.0 Å². The van der Waals surface area contributed by atoms with Crippen LogP contribution in [0.1, 0.15) is 31.7 Å². The van der Waals surface area contributed by atoms with E-state index in [0.29, 0.717) is 12.6 Å². The van der Waals surface area contributed by atoms with Gasteiger partial charge in [0.2, 0.25) is 5.91 Å². The smallest absolute Gasteiger partial charge is 0.220 e. The molecule has 1 saturated carbocycles. The van der Waals surface area contributed by atoms with Crippen LogP contribution in [-0.2, 0) is 11.3 Å². The summed E-state index contributed by atoms with van der Waals surface area (Å²) in [6.45, 7) is 4.52. The Labute approximate surface area is 149 Å². The van der Waals surface area contributed by atoms with Crippen molar-refractivity contribution in [2.75, 3.05) is 25.0 Å². The van der Waals surface area contributed by atoms with E-state index in [1.165, 1.54) is 6.42 Å². The third-order valence-electron chi connectivity index (χ3n) is 5.17. The molecule has 0 bridgehead atoms. The molecular weight excluding hydrogens is 316 g/mol. The van der Waals surface area contributed by atoms with Crippen molar-refractivity contribution in [2.24, 2.45) is 22.6 Å². The molecule has 1 amide bonds. The molecule has 25 heavy (non-hydrogen) atoms. The van der Waals surface area contributed by atoms with Crippen LogP contribution in [0.25, 0.3) is 0 Å². The maximum atomic E-state index is 11.3. The van der Waals surface area contributed by atoms with Gasteiger partial charge in [-0.25, -0.2) is 4.98 Å². The van der Waals surface area contributed by atoms with Crippen molar-refractivity contribution >= 4 is 17.7 Å². The molecule has 7 nitrogen and oxygen atoms in total. The van der Waals surface area contributed by atoms with E-state index in [0.717, 1.165) is 49.2 Å². The van der Waals surface area contributed by atoms with E-state index < -0.39 is 0 Å². The Morgan fingerprint density at radius 1 is 1.44 bits per heavy atom. The van der Waals surface area contributed by atoms with E-state index >= 15 is 0 Å². The number of primary amides is 1. The molecule has 2 unspecified atom stereocenters. The van der Waals surface area contributed by atoms with Crippen LogP contribution in [0.15, 0.2) is 23.3 Å². The number of amides is 1. The summed E-state index contributed by atoms with van der Waals surface area (Å²) >= 11 is 0. The maximum Gasteiger partial charge on any atom is 0.220 e. The van der Waals surface area contributed by atoms with E-state index in [9.17, 15) is 4.79 Å². The standard InChI is InChI=1S/C18H28N6O/c1-12-10-15(12)23-18(20-2)22-11-14-4-3-7-21-17(14)24-8-5-13(6-9-24)16(19)25/h3-4,7,12-13,15H,5-6,8-11H2,1-2H3,(H2,19,25)(H2,20,22,23). The number of hydrogen-bond donors (Lipinski definition) is 3. The Kier molecular flexibility index (Phi) is 5.40. The second-order valence-electron chi connectivity index (χ2n) is 7.04. The fraction of sp³-hybridized carbons (Fsp3) is 0.611. The van der Waals surface area contributed by atoms with Crippen molar-refractivity contribution in [2.45, 2.75) is 38.8 Å². The average molecular weight is 344 g/mol. The molecule has 2 atom stereocenters. The Hall–Kier alpha value is -2.31. The number of nitrogens with two attached hydrogens (primary N) is 1. The van der Waals surface area contributed by atoms with Crippen LogP contribution in [0, 0.1) is 11.8 Å². The van der Waals surface area contributed by atoms with Crippen LogP contribution in [0.5, 0.6) is 0 Å². The zero-order chi connectivity index (χ0) is 17.8. The summed E-state index contributed by atoms with van der Waals surface area (Å²) in [4.78, 5) is 22.5.